The van der Waals surface area contributed by atoms with E-state index in [4.69, 9.17) is 23.2 Å². The van der Waals surface area contributed by atoms with Crippen molar-refractivity contribution >= 4 is 45.9 Å². The number of hydrazone groups is 1. The lowest BCUT2D eigenvalue weighted by Gasteiger charge is -2.06. The summed E-state index contributed by atoms with van der Waals surface area (Å²) < 4.78 is 15.0. The first kappa shape index (κ1) is 17.3. The van der Waals surface area contributed by atoms with E-state index in [0.717, 1.165) is 5.52 Å². The fourth-order valence-electron chi connectivity index (χ4n) is 2.21. The molecule has 25 heavy (non-hydrogen) atoms. The number of rotatable bonds is 4. The van der Waals surface area contributed by atoms with Crippen molar-refractivity contribution in [2.75, 3.05) is 0 Å². The summed E-state index contributed by atoms with van der Waals surface area (Å²) in [5.74, 6) is -1.02. The molecule has 6 nitrogen and oxygen atoms in total. The van der Waals surface area contributed by atoms with Gasteiger partial charge in [-0.25, -0.2) is 14.5 Å². The second-order valence-corrected chi connectivity index (χ2v) is 6.03. The Morgan fingerprint density at radius 1 is 1.28 bits per heavy atom. The summed E-state index contributed by atoms with van der Waals surface area (Å²) in [5, 5.41) is 12.0. The van der Waals surface area contributed by atoms with E-state index in [9.17, 15) is 9.18 Å². The molecule has 1 aromatic heterocycles. The summed E-state index contributed by atoms with van der Waals surface area (Å²) in [4.78, 5) is 12.1. The van der Waals surface area contributed by atoms with Gasteiger partial charge >= 0.3 is 0 Å². The molecule has 0 saturated heterocycles. The SMILES string of the molecule is C/C(=N/NC(=O)Cn1nnc2ccccc21)c1cc(F)c(Cl)cc1Cl. The number of nitrogens with zero attached hydrogens (tertiary/aromatic N) is 4. The Balaban J connectivity index is 1.73. The number of carbonyl (C=O) groups excluding carboxylic acids is 1. The Morgan fingerprint density at radius 2 is 2.04 bits per heavy atom. The predicted octanol–water partition coefficient (Wildman–Crippen LogP) is 3.42. The number of para-hydroxylation sites is 1. The van der Waals surface area contributed by atoms with Crippen LogP contribution >= 0.6 is 23.2 Å². The maximum Gasteiger partial charge on any atom is 0.261 e. The molecule has 3 aromatic rings. The van der Waals surface area contributed by atoms with Crippen LogP contribution in [0.25, 0.3) is 11.0 Å². The van der Waals surface area contributed by atoms with Gasteiger partial charge in [-0.3, -0.25) is 4.79 Å². The largest absolute Gasteiger partial charge is 0.271 e. The first-order valence-electron chi connectivity index (χ1n) is 7.22. The summed E-state index contributed by atoms with van der Waals surface area (Å²) in [6, 6.07) is 9.74. The number of carbonyl (C=O) groups is 1. The Hall–Kier alpha value is -2.51. The Labute approximate surface area is 152 Å². The van der Waals surface area contributed by atoms with Crippen molar-refractivity contribution in [3.05, 3.63) is 57.8 Å². The van der Waals surface area contributed by atoms with E-state index >= 15 is 0 Å². The highest BCUT2D eigenvalue weighted by molar-refractivity contribution is 6.37. The fourth-order valence-corrected chi connectivity index (χ4v) is 2.73. The molecule has 0 atom stereocenters. The zero-order valence-electron chi connectivity index (χ0n) is 13.0. The van der Waals surface area contributed by atoms with Gasteiger partial charge in [0.15, 0.2) is 0 Å². The molecule has 128 valence electrons. The van der Waals surface area contributed by atoms with Gasteiger partial charge in [-0.05, 0) is 31.2 Å². The Bertz CT molecular complexity index is 986. The molecule has 0 radical (unpaired) electrons. The van der Waals surface area contributed by atoms with Gasteiger partial charge in [-0.1, -0.05) is 40.5 Å². The third-order valence-corrected chi connectivity index (χ3v) is 4.06. The minimum atomic E-state index is -0.615. The van der Waals surface area contributed by atoms with Gasteiger partial charge in [0.05, 0.1) is 21.3 Å². The zero-order valence-corrected chi connectivity index (χ0v) is 14.5. The van der Waals surface area contributed by atoms with Crippen molar-refractivity contribution in [1.29, 1.82) is 0 Å². The smallest absolute Gasteiger partial charge is 0.261 e. The second kappa shape index (κ2) is 7.16. The van der Waals surface area contributed by atoms with Crippen LogP contribution in [0.3, 0.4) is 0 Å². The summed E-state index contributed by atoms with van der Waals surface area (Å²) in [6.07, 6.45) is 0. The summed E-state index contributed by atoms with van der Waals surface area (Å²) in [5.41, 5.74) is 4.51. The maximum atomic E-state index is 13.6. The number of nitrogens with one attached hydrogen (secondary N) is 1. The van der Waals surface area contributed by atoms with E-state index in [1.165, 1.54) is 16.8 Å². The van der Waals surface area contributed by atoms with E-state index in [0.29, 0.717) is 16.8 Å². The van der Waals surface area contributed by atoms with E-state index < -0.39 is 11.7 Å². The number of benzene rings is 2. The molecule has 9 heteroatoms. The van der Waals surface area contributed by atoms with Crippen LogP contribution in [0.15, 0.2) is 41.5 Å². The number of amides is 1. The molecular weight excluding hydrogens is 368 g/mol. The van der Waals surface area contributed by atoms with Crippen molar-refractivity contribution in [2.45, 2.75) is 13.5 Å². The van der Waals surface area contributed by atoms with Crippen molar-refractivity contribution in [1.82, 2.24) is 20.4 Å². The number of aromatic nitrogens is 3. The van der Waals surface area contributed by atoms with E-state index in [1.807, 2.05) is 18.2 Å². The highest BCUT2D eigenvalue weighted by atomic mass is 35.5. The molecule has 0 aliphatic heterocycles. The van der Waals surface area contributed by atoms with Gasteiger partial charge in [-0.2, -0.15) is 5.10 Å². The van der Waals surface area contributed by atoms with Gasteiger partial charge in [-0.15, -0.1) is 5.10 Å². The topological polar surface area (TPSA) is 72.2 Å². The molecule has 0 aliphatic carbocycles. The van der Waals surface area contributed by atoms with Crippen LogP contribution in [-0.2, 0) is 11.3 Å². The summed E-state index contributed by atoms with van der Waals surface area (Å²) in [6.45, 7) is 1.54. The van der Waals surface area contributed by atoms with E-state index in [2.05, 4.69) is 20.8 Å². The molecule has 0 aliphatic rings. The Kier molecular flexibility index (Phi) is 4.96. The van der Waals surface area contributed by atoms with E-state index in [-0.39, 0.29) is 16.6 Å². The van der Waals surface area contributed by atoms with Crippen molar-refractivity contribution in [3.8, 4) is 0 Å². The molecular formula is C16H12Cl2FN5O. The maximum absolute atomic E-state index is 13.6. The van der Waals surface area contributed by atoms with Crippen LogP contribution < -0.4 is 5.43 Å². The molecule has 1 heterocycles. The number of hydrogen-bond donors (Lipinski definition) is 1. The average molecular weight is 380 g/mol. The van der Waals surface area contributed by atoms with Crippen molar-refractivity contribution in [3.63, 3.8) is 0 Å². The fraction of sp³-hybridized carbons (Fsp3) is 0.125. The highest BCUT2D eigenvalue weighted by Crippen LogP contribution is 2.24. The van der Waals surface area contributed by atoms with E-state index in [1.54, 1.807) is 13.0 Å². The standard InChI is InChI=1S/C16H12Cl2FN5O/c1-9(10-6-13(19)12(18)7-11(10)17)20-22-16(25)8-24-15-5-3-2-4-14(15)21-23-24/h2-7H,8H2,1H3,(H,22,25)/b20-9-. The number of halogens is 3. The molecule has 0 unspecified atom stereocenters. The van der Waals surface area contributed by atoms with Crippen LogP contribution in [-0.4, -0.2) is 26.6 Å². The lowest BCUT2D eigenvalue weighted by molar-refractivity contribution is -0.121. The van der Waals surface area contributed by atoms with Crippen LogP contribution in [0.2, 0.25) is 10.0 Å². The van der Waals surface area contributed by atoms with Crippen molar-refractivity contribution in [2.24, 2.45) is 5.10 Å². The van der Waals surface area contributed by atoms with Gasteiger partial charge in [0.25, 0.3) is 5.91 Å². The second-order valence-electron chi connectivity index (χ2n) is 5.21. The molecule has 3 rings (SSSR count). The van der Waals surface area contributed by atoms with Crippen molar-refractivity contribution < 1.29 is 9.18 Å². The lowest BCUT2D eigenvalue weighted by atomic mass is 10.1. The molecule has 1 amide bonds. The number of fused-ring (bicyclic) bond motifs is 1. The van der Waals surface area contributed by atoms with Crippen LogP contribution in [0.4, 0.5) is 4.39 Å². The average Bonchev–Trinajstić information content (AvgIpc) is 2.99. The van der Waals surface area contributed by atoms with Gasteiger partial charge < -0.3 is 0 Å². The minimum Gasteiger partial charge on any atom is -0.271 e. The zero-order chi connectivity index (χ0) is 18.0. The third-order valence-electron chi connectivity index (χ3n) is 3.46. The first-order valence-corrected chi connectivity index (χ1v) is 7.97. The Morgan fingerprint density at radius 3 is 2.84 bits per heavy atom. The van der Waals surface area contributed by atoms with Crippen LogP contribution in [0.1, 0.15) is 12.5 Å². The molecule has 0 saturated carbocycles. The minimum absolute atomic E-state index is 0.0556. The third kappa shape index (κ3) is 3.78. The van der Waals surface area contributed by atoms with Gasteiger partial charge in [0.2, 0.25) is 0 Å². The van der Waals surface area contributed by atoms with Gasteiger partial charge in [0, 0.05) is 5.56 Å². The van der Waals surface area contributed by atoms with Gasteiger partial charge in [0.1, 0.15) is 17.9 Å². The van der Waals surface area contributed by atoms with Crippen LogP contribution in [0.5, 0.6) is 0 Å². The monoisotopic (exact) mass is 379 g/mol. The van der Waals surface area contributed by atoms with Crippen LogP contribution in [0, 0.1) is 5.82 Å². The normalized spacial score (nSPS) is 11.8. The first-order chi connectivity index (χ1) is 12.0. The number of hydrogen-bond acceptors (Lipinski definition) is 4. The molecule has 0 bridgehead atoms. The molecule has 2 aromatic carbocycles. The molecule has 0 spiro atoms. The summed E-state index contributed by atoms with van der Waals surface area (Å²) in [7, 11) is 0. The lowest BCUT2D eigenvalue weighted by Crippen LogP contribution is -2.25. The molecule has 0 fully saturated rings. The molecule has 1 N–H and O–H groups in total. The predicted molar refractivity (Wildman–Crippen MR) is 94.3 cm³/mol. The highest BCUT2D eigenvalue weighted by Gasteiger charge is 2.11. The quantitative estimate of drug-likeness (QED) is 0.428. The summed E-state index contributed by atoms with van der Waals surface area (Å²) >= 11 is 11.7.